The van der Waals surface area contributed by atoms with Crippen molar-refractivity contribution in [2.24, 2.45) is 0 Å². The first-order valence-electron chi connectivity index (χ1n) is 5.75. The molecule has 1 fully saturated rings. The average Bonchev–Trinajstić information content (AvgIpc) is 2.82. The second kappa shape index (κ2) is 5.24. The fraction of sp³-hybridized carbons (Fsp3) is 0.455. The van der Waals surface area contributed by atoms with Crippen LogP contribution in [0.2, 0.25) is 5.02 Å². The lowest BCUT2D eigenvalue weighted by molar-refractivity contribution is 0.213. The fourth-order valence-electron chi connectivity index (χ4n) is 2.18. The van der Waals surface area contributed by atoms with Crippen molar-refractivity contribution in [2.45, 2.75) is 23.8 Å². The molecular weight excluding hydrogens is 295 g/mol. The maximum Gasteiger partial charge on any atom is 0.244 e. The second-order valence-electron chi connectivity index (χ2n) is 4.40. The molecule has 106 valence electrons. The highest BCUT2D eigenvalue weighted by Gasteiger charge is 2.36. The number of aliphatic hydroxyl groups is 1. The molecule has 0 aliphatic carbocycles. The zero-order chi connectivity index (χ0) is 14.2. The zero-order valence-corrected chi connectivity index (χ0v) is 11.6. The van der Waals surface area contributed by atoms with Crippen molar-refractivity contribution < 1.29 is 17.9 Å². The van der Waals surface area contributed by atoms with Gasteiger partial charge < -0.3 is 10.8 Å². The van der Waals surface area contributed by atoms with Gasteiger partial charge in [-0.25, -0.2) is 12.8 Å². The first-order chi connectivity index (χ1) is 8.87. The van der Waals surface area contributed by atoms with E-state index in [1.807, 2.05) is 0 Å². The van der Waals surface area contributed by atoms with Crippen molar-refractivity contribution in [3.8, 4) is 0 Å². The number of halogens is 2. The molecule has 1 aromatic carbocycles. The van der Waals surface area contributed by atoms with E-state index >= 15 is 0 Å². The molecule has 0 spiro atoms. The van der Waals surface area contributed by atoms with E-state index in [0.29, 0.717) is 19.4 Å². The van der Waals surface area contributed by atoms with Gasteiger partial charge in [0.25, 0.3) is 0 Å². The summed E-state index contributed by atoms with van der Waals surface area (Å²) in [6.45, 7) is 0.0503. The third-order valence-corrected chi connectivity index (χ3v) is 5.59. The molecule has 2 rings (SSSR count). The molecule has 1 saturated heterocycles. The zero-order valence-electron chi connectivity index (χ0n) is 10.0. The van der Waals surface area contributed by atoms with Gasteiger partial charge in [-0.1, -0.05) is 11.6 Å². The summed E-state index contributed by atoms with van der Waals surface area (Å²) in [5.41, 5.74) is 5.11. The third kappa shape index (κ3) is 2.55. The number of nitrogen functional groups attached to an aromatic ring is 1. The number of nitrogens with two attached hydrogens (primary N) is 1. The lowest BCUT2D eigenvalue weighted by Gasteiger charge is -2.23. The number of nitrogens with zero attached hydrogens (tertiary/aromatic N) is 1. The molecule has 5 nitrogen and oxygen atoms in total. The van der Waals surface area contributed by atoms with Gasteiger partial charge in [0.2, 0.25) is 10.0 Å². The summed E-state index contributed by atoms with van der Waals surface area (Å²) >= 11 is 5.79. The molecule has 1 atom stereocenters. The molecule has 1 aliphatic rings. The van der Waals surface area contributed by atoms with Crippen LogP contribution in [0.3, 0.4) is 0 Å². The van der Waals surface area contributed by atoms with Gasteiger partial charge >= 0.3 is 0 Å². The van der Waals surface area contributed by atoms with Crippen LogP contribution in [0.4, 0.5) is 10.1 Å². The van der Waals surface area contributed by atoms with Crippen molar-refractivity contribution in [2.75, 3.05) is 18.9 Å². The van der Waals surface area contributed by atoms with Gasteiger partial charge in [-0.2, -0.15) is 4.31 Å². The van der Waals surface area contributed by atoms with Crippen molar-refractivity contribution in [3.05, 3.63) is 23.0 Å². The highest BCUT2D eigenvalue weighted by atomic mass is 35.5. The van der Waals surface area contributed by atoms with Crippen LogP contribution in [-0.4, -0.2) is 37.0 Å². The summed E-state index contributed by atoms with van der Waals surface area (Å²) < 4.78 is 39.3. The Hall–Kier alpha value is -0.890. The van der Waals surface area contributed by atoms with Crippen molar-refractivity contribution in [1.82, 2.24) is 4.31 Å². The number of rotatable bonds is 3. The van der Waals surface area contributed by atoms with E-state index in [1.165, 1.54) is 4.31 Å². The first kappa shape index (κ1) is 14.5. The molecule has 3 N–H and O–H groups in total. The summed E-state index contributed by atoms with van der Waals surface area (Å²) in [7, 11) is -3.88. The topological polar surface area (TPSA) is 83.6 Å². The van der Waals surface area contributed by atoms with Crippen LogP contribution < -0.4 is 5.73 Å². The van der Waals surface area contributed by atoms with Gasteiger partial charge in [-0.3, -0.25) is 0 Å². The predicted octanol–water partition coefficient (Wildman–Crippen LogP) is 1.21. The summed E-state index contributed by atoms with van der Waals surface area (Å²) in [5, 5.41) is 8.98. The molecule has 1 unspecified atom stereocenters. The first-order valence-corrected chi connectivity index (χ1v) is 7.57. The smallest absolute Gasteiger partial charge is 0.244 e. The molecule has 1 aliphatic heterocycles. The van der Waals surface area contributed by atoms with Crippen LogP contribution in [0.25, 0.3) is 0 Å². The minimum absolute atomic E-state index is 0.213. The minimum Gasteiger partial charge on any atom is -0.396 e. The van der Waals surface area contributed by atoms with Gasteiger partial charge in [0.05, 0.1) is 17.3 Å². The number of sulfonamides is 1. The van der Waals surface area contributed by atoms with E-state index in [0.717, 1.165) is 12.1 Å². The Morgan fingerprint density at radius 1 is 1.53 bits per heavy atom. The van der Waals surface area contributed by atoms with Crippen LogP contribution in [-0.2, 0) is 10.0 Å². The van der Waals surface area contributed by atoms with Gasteiger partial charge in [0.1, 0.15) is 10.7 Å². The molecule has 0 amide bonds. The summed E-state index contributed by atoms with van der Waals surface area (Å²) in [4.78, 5) is -0.228. The molecule has 19 heavy (non-hydrogen) atoms. The largest absolute Gasteiger partial charge is 0.396 e. The van der Waals surface area contributed by atoms with Crippen molar-refractivity contribution >= 4 is 27.3 Å². The van der Waals surface area contributed by atoms with Gasteiger partial charge in [-0.15, -0.1) is 0 Å². The van der Waals surface area contributed by atoms with E-state index in [2.05, 4.69) is 0 Å². The monoisotopic (exact) mass is 308 g/mol. The van der Waals surface area contributed by atoms with Crippen LogP contribution in [0.15, 0.2) is 17.0 Å². The summed E-state index contributed by atoms with van der Waals surface area (Å²) in [5.74, 6) is -0.760. The number of hydrogen-bond donors (Lipinski definition) is 2. The maximum absolute atomic E-state index is 13.2. The van der Waals surface area contributed by atoms with Gasteiger partial charge in [0.15, 0.2) is 0 Å². The second-order valence-corrected chi connectivity index (χ2v) is 6.66. The van der Waals surface area contributed by atoms with E-state index in [-0.39, 0.29) is 22.2 Å². The highest BCUT2D eigenvalue weighted by Crippen LogP contribution is 2.32. The third-order valence-electron chi connectivity index (χ3n) is 3.17. The van der Waals surface area contributed by atoms with Crippen LogP contribution in [0.1, 0.15) is 12.8 Å². The number of benzene rings is 1. The Balaban J connectivity index is 2.48. The van der Waals surface area contributed by atoms with Crippen LogP contribution in [0, 0.1) is 5.82 Å². The van der Waals surface area contributed by atoms with Crippen molar-refractivity contribution in [1.29, 1.82) is 0 Å². The number of aliphatic hydroxyl groups excluding tert-OH is 1. The van der Waals surface area contributed by atoms with E-state index < -0.39 is 21.9 Å². The van der Waals surface area contributed by atoms with E-state index in [9.17, 15) is 17.9 Å². The Morgan fingerprint density at radius 3 is 2.84 bits per heavy atom. The quantitative estimate of drug-likeness (QED) is 0.822. The molecule has 1 aromatic rings. The lowest BCUT2D eigenvalue weighted by atomic mass is 10.2. The Labute approximate surface area is 115 Å². The summed E-state index contributed by atoms with van der Waals surface area (Å²) in [6, 6.07) is 1.43. The maximum atomic E-state index is 13.2. The highest BCUT2D eigenvalue weighted by molar-refractivity contribution is 7.89. The SMILES string of the molecule is Nc1cc(S(=O)(=O)N2CCCC2CO)c(Cl)cc1F. The molecule has 0 aromatic heterocycles. The molecule has 0 radical (unpaired) electrons. The number of hydrogen-bond acceptors (Lipinski definition) is 4. The molecule has 0 bridgehead atoms. The Morgan fingerprint density at radius 2 is 2.21 bits per heavy atom. The van der Waals surface area contributed by atoms with Gasteiger partial charge in [0, 0.05) is 12.6 Å². The summed E-state index contributed by atoms with van der Waals surface area (Å²) in [6.07, 6.45) is 1.25. The van der Waals surface area contributed by atoms with Gasteiger partial charge in [-0.05, 0) is 25.0 Å². The Bertz CT molecular complexity index is 594. The lowest BCUT2D eigenvalue weighted by Crippen LogP contribution is -2.37. The Kier molecular flexibility index (Phi) is 4.00. The number of anilines is 1. The standard InChI is InChI=1S/C11H14ClFN2O3S/c12-8-4-9(13)10(14)5-11(8)19(17,18)15-3-1-2-7(15)6-16/h4-5,7,16H,1-3,6,14H2. The van der Waals surface area contributed by atoms with E-state index in [1.54, 1.807) is 0 Å². The van der Waals surface area contributed by atoms with E-state index in [4.69, 9.17) is 17.3 Å². The molecular formula is C11H14ClFN2O3S. The van der Waals surface area contributed by atoms with Crippen LogP contribution >= 0.6 is 11.6 Å². The molecule has 1 heterocycles. The van der Waals surface area contributed by atoms with Crippen molar-refractivity contribution in [3.63, 3.8) is 0 Å². The fourth-order valence-corrected chi connectivity index (χ4v) is 4.39. The molecule has 0 saturated carbocycles. The van der Waals surface area contributed by atoms with Crippen LogP contribution in [0.5, 0.6) is 0 Å². The molecule has 8 heteroatoms. The average molecular weight is 309 g/mol. The minimum atomic E-state index is -3.88. The normalized spacial score (nSPS) is 20.9. The predicted molar refractivity (Wildman–Crippen MR) is 69.8 cm³/mol.